The first-order chi connectivity index (χ1) is 9.54. The van der Waals surface area contributed by atoms with Gasteiger partial charge in [-0.2, -0.15) is 0 Å². The molecule has 1 heterocycles. The second-order valence-corrected chi connectivity index (χ2v) is 6.19. The number of nitrogens with zero attached hydrogens (tertiary/aromatic N) is 1. The fraction of sp³-hybridized carbons (Fsp3) is 0.267. The van der Waals surface area contributed by atoms with Crippen LogP contribution in [0.2, 0.25) is 5.02 Å². The minimum Gasteiger partial charge on any atom is -0.325 e. The summed E-state index contributed by atoms with van der Waals surface area (Å²) in [4.78, 5) is 15.2. The van der Waals surface area contributed by atoms with Crippen molar-refractivity contribution in [3.8, 4) is 0 Å². The molecule has 1 amide bonds. The molecule has 2 aromatic rings. The second kappa shape index (κ2) is 6.88. The Morgan fingerprint density at radius 1 is 1.30 bits per heavy atom. The number of thiophene rings is 1. The summed E-state index contributed by atoms with van der Waals surface area (Å²) in [5, 5.41) is 5.59. The van der Waals surface area contributed by atoms with Gasteiger partial charge in [0.1, 0.15) is 0 Å². The Hall–Kier alpha value is -1.36. The number of hydrogen-bond donors (Lipinski definition) is 1. The van der Waals surface area contributed by atoms with Crippen LogP contribution in [0.1, 0.15) is 10.4 Å². The van der Waals surface area contributed by atoms with Crippen LogP contribution in [-0.4, -0.2) is 24.4 Å². The monoisotopic (exact) mass is 308 g/mol. The molecule has 1 aromatic carbocycles. The van der Waals surface area contributed by atoms with E-state index in [4.69, 9.17) is 11.6 Å². The van der Waals surface area contributed by atoms with E-state index in [2.05, 4.69) is 23.7 Å². The van der Waals surface area contributed by atoms with Crippen LogP contribution in [0.3, 0.4) is 0 Å². The number of hydrogen-bond acceptors (Lipinski definition) is 3. The van der Waals surface area contributed by atoms with Crippen LogP contribution < -0.4 is 5.32 Å². The lowest BCUT2D eigenvalue weighted by Crippen LogP contribution is -2.29. The first-order valence-electron chi connectivity index (χ1n) is 6.31. The Morgan fingerprint density at radius 2 is 2.00 bits per heavy atom. The van der Waals surface area contributed by atoms with E-state index in [1.165, 1.54) is 10.4 Å². The zero-order chi connectivity index (χ0) is 14.5. The van der Waals surface area contributed by atoms with Crippen molar-refractivity contribution >= 4 is 34.5 Å². The van der Waals surface area contributed by atoms with Crippen LogP contribution in [0.5, 0.6) is 0 Å². The Morgan fingerprint density at radius 3 is 2.60 bits per heavy atom. The average molecular weight is 309 g/mol. The smallest absolute Gasteiger partial charge is 0.238 e. The molecule has 2 rings (SSSR count). The van der Waals surface area contributed by atoms with Crippen molar-refractivity contribution in [3.05, 3.63) is 51.2 Å². The van der Waals surface area contributed by atoms with Crippen LogP contribution >= 0.6 is 22.9 Å². The van der Waals surface area contributed by atoms with E-state index in [0.717, 1.165) is 12.2 Å². The number of carbonyl (C=O) groups excluding carboxylic acids is 1. The van der Waals surface area contributed by atoms with Crippen molar-refractivity contribution in [1.82, 2.24) is 4.90 Å². The standard InChI is InChI=1S/C15H17ClN2OS/c1-11-7-8-20-14(11)9-18(2)10-15(19)17-13-5-3-12(16)4-6-13/h3-8H,9-10H2,1-2H3,(H,17,19). The predicted molar refractivity (Wildman–Crippen MR) is 85.5 cm³/mol. The number of halogens is 1. The molecule has 1 N–H and O–H groups in total. The lowest BCUT2D eigenvalue weighted by atomic mass is 10.3. The Balaban J connectivity index is 1.85. The van der Waals surface area contributed by atoms with E-state index in [1.807, 2.05) is 11.9 Å². The predicted octanol–water partition coefficient (Wildman–Crippen LogP) is 3.78. The summed E-state index contributed by atoms with van der Waals surface area (Å²) in [7, 11) is 1.95. The highest BCUT2D eigenvalue weighted by Crippen LogP contribution is 2.17. The third-order valence-corrected chi connectivity index (χ3v) is 4.18. The molecule has 0 atom stereocenters. The fourth-order valence-corrected chi connectivity index (χ4v) is 2.96. The SMILES string of the molecule is Cc1ccsc1CN(C)CC(=O)Nc1ccc(Cl)cc1. The summed E-state index contributed by atoms with van der Waals surface area (Å²) in [6.45, 7) is 3.24. The van der Waals surface area contributed by atoms with Crippen LogP contribution in [0.25, 0.3) is 0 Å². The van der Waals surface area contributed by atoms with Gasteiger partial charge in [-0.3, -0.25) is 9.69 Å². The molecule has 0 radical (unpaired) electrons. The minimum absolute atomic E-state index is 0.0240. The molecular weight excluding hydrogens is 292 g/mol. The van der Waals surface area contributed by atoms with Gasteiger partial charge in [-0.15, -0.1) is 11.3 Å². The lowest BCUT2D eigenvalue weighted by Gasteiger charge is -2.16. The molecule has 0 bridgehead atoms. The summed E-state index contributed by atoms with van der Waals surface area (Å²) < 4.78 is 0. The molecule has 0 saturated carbocycles. The quantitative estimate of drug-likeness (QED) is 0.911. The summed E-state index contributed by atoms with van der Waals surface area (Å²) >= 11 is 7.53. The molecule has 0 aliphatic carbocycles. The molecule has 106 valence electrons. The maximum atomic E-state index is 11.9. The summed E-state index contributed by atoms with van der Waals surface area (Å²) in [6.07, 6.45) is 0. The van der Waals surface area contributed by atoms with E-state index in [9.17, 15) is 4.79 Å². The van der Waals surface area contributed by atoms with E-state index in [-0.39, 0.29) is 5.91 Å². The van der Waals surface area contributed by atoms with Gasteiger partial charge in [-0.05, 0) is 55.2 Å². The normalized spacial score (nSPS) is 10.8. The van der Waals surface area contributed by atoms with Gasteiger partial charge in [-0.1, -0.05) is 11.6 Å². The number of anilines is 1. The highest BCUT2D eigenvalue weighted by molar-refractivity contribution is 7.10. The molecule has 5 heteroatoms. The largest absolute Gasteiger partial charge is 0.325 e. The average Bonchev–Trinajstić information content (AvgIpc) is 2.77. The highest BCUT2D eigenvalue weighted by atomic mass is 35.5. The number of benzene rings is 1. The van der Waals surface area contributed by atoms with Crippen molar-refractivity contribution < 1.29 is 4.79 Å². The van der Waals surface area contributed by atoms with E-state index < -0.39 is 0 Å². The summed E-state index contributed by atoms with van der Waals surface area (Å²) in [5.41, 5.74) is 2.04. The number of nitrogens with one attached hydrogen (secondary N) is 1. The summed E-state index contributed by atoms with van der Waals surface area (Å²) in [6, 6.07) is 9.21. The van der Waals surface area contributed by atoms with Crippen molar-refractivity contribution in [1.29, 1.82) is 0 Å². The molecule has 0 spiro atoms. The fourth-order valence-electron chi connectivity index (χ4n) is 1.85. The molecule has 0 aliphatic heterocycles. The van der Waals surface area contributed by atoms with Crippen LogP contribution in [0.4, 0.5) is 5.69 Å². The van der Waals surface area contributed by atoms with Crippen LogP contribution in [0, 0.1) is 6.92 Å². The number of rotatable bonds is 5. The molecule has 0 unspecified atom stereocenters. The maximum Gasteiger partial charge on any atom is 0.238 e. The van der Waals surface area contributed by atoms with Crippen molar-refractivity contribution in [2.24, 2.45) is 0 Å². The van der Waals surface area contributed by atoms with E-state index in [0.29, 0.717) is 11.6 Å². The topological polar surface area (TPSA) is 32.3 Å². The van der Waals surface area contributed by atoms with Gasteiger partial charge in [0.2, 0.25) is 5.91 Å². The van der Waals surface area contributed by atoms with Gasteiger partial charge in [-0.25, -0.2) is 0 Å². The molecule has 0 aliphatic rings. The number of likely N-dealkylation sites (N-methyl/N-ethyl adjacent to an activating group) is 1. The first-order valence-corrected chi connectivity index (χ1v) is 7.57. The molecule has 1 aromatic heterocycles. The zero-order valence-electron chi connectivity index (χ0n) is 11.5. The Bertz CT molecular complexity index is 580. The molecule has 0 saturated heterocycles. The van der Waals surface area contributed by atoms with Gasteiger partial charge in [0, 0.05) is 22.1 Å². The number of aryl methyl sites for hydroxylation is 1. The molecular formula is C15H17ClN2OS. The number of carbonyl (C=O) groups is 1. The van der Waals surface area contributed by atoms with Crippen LogP contribution in [0.15, 0.2) is 35.7 Å². The summed E-state index contributed by atoms with van der Waals surface area (Å²) in [5.74, 6) is -0.0240. The Kier molecular flexibility index (Phi) is 5.17. The Labute approximate surface area is 128 Å². The maximum absolute atomic E-state index is 11.9. The van der Waals surface area contributed by atoms with Gasteiger partial charge >= 0.3 is 0 Å². The third kappa shape index (κ3) is 4.34. The van der Waals surface area contributed by atoms with Crippen molar-refractivity contribution in [2.45, 2.75) is 13.5 Å². The van der Waals surface area contributed by atoms with E-state index >= 15 is 0 Å². The number of amides is 1. The lowest BCUT2D eigenvalue weighted by molar-refractivity contribution is -0.117. The van der Waals surface area contributed by atoms with Gasteiger partial charge in [0.15, 0.2) is 0 Å². The minimum atomic E-state index is -0.0240. The van der Waals surface area contributed by atoms with Crippen LogP contribution in [-0.2, 0) is 11.3 Å². The van der Waals surface area contributed by atoms with Gasteiger partial charge in [0.05, 0.1) is 6.54 Å². The highest BCUT2D eigenvalue weighted by Gasteiger charge is 2.09. The first kappa shape index (κ1) is 15.0. The zero-order valence-corrected chi connectivity index (χ0v) is 13.1. The molecule has 20 heavy (non-hydrogen) atoms. The molecule has 0 fully saturated rings. The van der Waals surface area contributed by atoms with Gasteiger partial charge in [0.25, 0.3) is 0 Å². The van der Waals surface area contributed by atoms with Crippen molar-refractivity contribution in [2.75, 3.05) is 18.9 Å². The van der Waals surface area contributed by atoms with E-state index in [1.54, 1.807) is 35.6 Å². The van der Waals surface area contributed by atoms with Crippen molar-refractivity contribution in [3.63, 3.8) is 0 Å². The van der Waals surface area contributed by atoms with Gasteiger partial charge < -0.3 is 5.32 Å². The third-order valence-electron chi connectivity index (χ3n) is 2.92. The molecule has 3 nitrogen and oxygen atoms in total. The second-order valence-electron chi connectivity index (χ2n) is 4.75.